The molecule has 1 aromatic rings. The van der Waals surface area contributed by atoms with E-state index in [1.165, 1.54) is 6.08 Å². The van der Waals surface area contributed by atoms with Gasteiger partial charge in [0.2, 0.25) is 0 Å². The van der Waals surface area contributed by atoms with Crippen molar-refractivity contribution in [3.05, 3.63) is 47.5 Å². The van der Waals surface area contributed by atoms with E-state index in [1.54, 1.807) is 6.92 Å². The van der Waals surface area contributed by atoms with Gasteiger partial charge >= 0.3 is 11.9 Å². The van der Waals surface area contributed by atoms with E-state index in [-0.39, 0.29) is 18.6 Å². The van der Waals surface area contributed by atoms with E-state index in [4.69, 9.17) is 5.11 Å². The van der Waals surface area contributed by atoms with Crippen molar-refractivity contribution in [3.63, 3.8) is 0 Å². The first kappa shape index (κ1) is 18.3. The summed E-state index contributed by atoms with van der Waals surface area (Å²) in [6.07, 6.45) is 2.06. The molecule has 0 fully saturated rings. The van der Waals surface area contributed by atoms with Gasteiger partial charge in [-0.1, -0.05) is 6.08 Å². The number of nitrogens with one attached hydrogen (secondary N) is 1. The van der Waals surface area contributed by atoms with Crippen LogP contribution in [0.15, 0.2) is 30.4 Å². The molecule has 0 heterocycles. The summed E-state index contributed by atoms with van der Waals surface area (Å²) in [5, 5.41) is 11.2. The highest BCUT2D eigenvalue weighted by Crippen LogP contribution is 2.08. The number of aliphatic carboxylic acids is 1. The van der Waals surface area contributed by atoms with Gasteiger partial charge in [-0.05, 0) is 25.5 Å². The summed E-state index contributed by atoms with van der Waals surface area (Å²) in [4.78, 5) is 34.0. The number of benzene rings is 1. The largest absolute Gasteiger partial charge is 0.480 e. The molecule has 1 amide bonds. The highest BCUT2D eigenvalue weighted by molar-refractivity contribution is 5.96. The van der Waals surface area contributed by atoms with Crippen LogP contribution < -0.4 is 5.32 Å². The minimum Gasteiger partial charge on any atom is -0.480 e. The van der Waals surface area contributed by atoms with Crippen molar-refractivity contribution in [2.75, 3.05) is 6.61 Å². The van der Waals surface area contributed by atoms with Gasteiger partial charge in [-0.2, -0.15) is 0 Å². The maximum Gasteiger partial charge on any atom is 0.330 e. The van der Waals surface area contributed by atoms with E-state index >= 15 is 0 Å². The quantitative estimate of drug-likeness (QED) is 0.587. The van der Waals surface area contributed by atoms with E-state index in [1.807, 2.05) is 0 Å². The number of ether oxygens (including phenoxy) is 1. The van der Waals surface area contributed by atoms with Crippen molar-refractivity contribution in [2.24, 2.45) is 0 Å². The predicted octanol–water partition coefficient (Wildman–Crippen LogP) is 1.66. The summed E-state index contributed by atoms with van der Waals surface area (Å²) in [7, 11) is 0. The molecule has 1 rings (SSSR count). The van der Waals surface area contributed by atoms with Gasteiger partial charge in [0.25, 0.3) is 5.91 Å². The lowest BCUT2D eigenvalue weighted by molar-refractivity contribution is -0.139. The fourth-order valence-corrected chi connectivity index (χ4v) is 1.64. The molecule has 0 radical (unpaired) electrons. The van der Waals surface area contributed by atoms with Crippen molar-refractivity contribution in [2.45, 2.75) is 19.4 Å². The second kappa shape index (κ2) is 8.62. The monoisotopic (exact) mass is 327 g/mol. The molecule has 0 aliphatic carbocycles. The molecule has 0 aliphatic rings. The van der Waals surface area contributed by atoms with Gasteiger partial charge in [-0.15, -0.1) is 0 Å². The van der Waals surface area contributed by atoms with Crippen LogP contribution in [0.2, 0.25) is 0 Å². The van der Waals surface area contributed by atoms with Crippen LogP contribution in [0.25, 0.3) is 0 Å². The van der Waals surface area contributed by atoms with Gasteiger partial charge in [0.05, 0.1) is 6.61 Å². The molecule has 0 unspecified atom stereocenters. The maximum atomic E-state index is 13.0. The van der Waals surface area contributed by atoms with Crippen LogP contribution in [-0.2, 0) is 14.3 Å². The van der Waals surface area contributed by atoms with Gasteiger partial charge in [-0.25, -0.2) is 18.4 Å². The third kappa shape index (κ3) is 6.25. The minimum atomic E-state index is -1.36. The van der Waals surface area contributed by atoms with Gasteiger partial charge in [-0.3, -0.25) is 4.79 Å². The molecule has 6 nitrogen and oxygen atoms in total. The summed E-state index contributed by atoms with van der Waals surface area (Å²) in [6.45, 7) is 1.79. The second-order valence-electron chi connectivity index (χ2n) is 4.41. The standard InChI is InChI=1S/C15H15F2NO5/c1-2-23-13(19)5-3-4-12(15(21)22)18-14(20)9-6-10(16)8-11(17)7-9/h3,5-8,12H,2,4H2,1H3,(H,18,20)(H,21,22)/b5-3+/t12-/m1/s1. The first-order valence-electron chi connectivity index (χ1n) is 6.66. The summed E-state index contributed by atoms with van der Waals surface area (Å²) in [5.41, 5.74) is -0.344. The minimum absolute atomic E-state index is 0.174. The van der Waals surface area contributed by atoms with Crippen LogP contribution in [-0.4, -0.2) is 35.6 Å². The van der Waals surface area contributed by atoms with Crippen molar-refractivity contribution in [1.29, 1.82) is 0 Å². The number of hydrogen-bond acceptors (Lipinski definition) is 4. The molecule has 23 heavy (non-hydrogen) atoms. The number of halogens is 2. The molecule has 1 aromatic carbocycles. The third-order valence-electron chi connectivity index (χ3n) is 2.64. The Labute approximate surface area is 130 Å². The summed E-state index contributed by atoms with van der Waals surface area (Å²) in [6, 6.07) is 0.796. The molecule has 0 aromatic heterocycles. The zero-order valence-corrected chi connectivity index (χ0v) is 12.2. The average Bonchev–Trinajstić information content (AvgIpc) is 2.45. The average molecular weight is 327 g/mol. The van der Waals surface area contributed by atoms with E-state index in [2.05, 4.69) is 10.1 Å². The lowest BCUT2D eigenvalue weighted by Gasteiger charge is -2.12. The Hall–Kier alpha value is -2.77. The van der Waals surface area contributed by atoms with Crippen LogP contribution in [0, 0.1) is 11.6 Å². The smallest absolute Gasteiger partial charge is 0.330 e. The van der Waals surface area contributed by atoms with E-state index in [0.29, 0.717) is 6.07 Å². The summed E-state index contributed by atoms with van der Waals surface area (Å²) >= 11 is 0. The van der Waals surface area contributed by atoms with Crippen LogP contribution in [0.5, 0.6) is 0 Å². The van der Waals surface area contributed by atoms with Gasteiger partial charge < -0.3 is 15.2 Å². The highest BCUT2D eigenvalue weighted by atomic mass is 19.1. The fraction of sp³-hybridized carbons (Fsp3) is 0.267. The first-order valence-corrected chi connectivity index (χ1v) is 6.66. The molecular formula is C15H15F2NO5. The predicted molar refractivity (Wildman–Crippen MR) is 75.6 cm³/mol. The first-order chi connectivity index (χ1) is 10.8. The van der Waals surface area contributed by atoms with Gasteiger partial charge in [0.15, 0.2) is 0 Å². The van der Waals surface area contributed by atoms with Crippen LogP contribution in [0.1, 0.15) is 23.7 Å². The molecule has 2 N–H and O–H groups in total. The van der Waals surface area contributed by atoms with E-state index in [0.717, 1.165) is 18.2 Å². The Bertz CT molecular complexity index is 610. The maximum absolute atomic E-state index is 13.0. The van der Waals surface area contributed by atoms with Crippen LogP contribution >= 0.6 is 0 Å². The van der Waals surface area contributed by atoms with Crippen LogP contribution in [0.3, 0.4) is 0 Å². The lowest BCUT2D eigenvalue weighted by Crippen LogP contribution is -2.40. The van der Waals surface area contributed by atoms with Crippen molar-refractivity contribution in [1.82, 2.24) is 5.32 Å². The Morgan fingerprint density at radius 3 is 2.39 bits per heavy atom. The topological polar surface area (TPSA) is 92.7 Å². The molecule has 124 valence electrons. The number of amides is 1. The molecule has 0 saturated heterocycles. The number of rotatable bonds is 7. The Balaban J connectivity index is 2.73. The summed E-state index contributed by atoms with van der Waals surface area (Å²) < 4.78 is 30.7. The third-order valence-corrected chi connectivity index (χ3v) is 2.64. The summed E-state index contributed by atoms with van der Waals surface area (Å²) in [5.74, 6) is -4.85. The molecule has 0 aliphatic heterocycles. The fourth-order valence-electron chi connectivity index (χ4n) is 1.64. The normalized spacial score (nSPS) is 12.0. The van der Waals surface area contributed by atoms with Crippen molar-refractivity contribution in [3.8, 4) is 0 Å². The van der Waals surface area contributed by atoms with Crippen molar-refractivity contribution < 1.29 is 33.0 Å². The molecule has 0 saturated carbocycles. The second-order valence-corrected chi connectivity index (χ2v) is 4.41. The van der Waals surface area contributed by atoms with Crippen molar-refractivity contribution >= 4 is 17.8 Å². The number of carbonyl (C=O) groups excluding carboxylic acids is 2. The Kier molecular flexibility index (Phi) is 6.85. The van der Waals surface area contributed by atoms with Crippen LogP contribution in [0.4, 0.5) is 8.78 Å². The number of esters is 1. The SMILES string of the molecule is CCOC(=O)/C=C/C[C@@H](NC(=O)c1cc(F)cc(F)c1)C(=O)O. The molecule has 1 atom stereocenters. The Morgan fingerprint density at radius 1 is 1.26 bits per heavy atom. The number of carbonyl (C=O) groups is 3. The zero-order valence-electron chi connectivity index (χ0n) is 12.2. The molecule has 0 spiro atoms. The van der Waals surface area contributed by atoms with E-state index < -0.39 is 35.5 Å². The number of hydrogen-bond donors (Lipinski definition) is 2. The molecule has 0 bridgehead atoms. The molecule has 8 heteroatoms. The molecular weight excluding hydrogens is 312 g/mol. The zero-order chi connectivity index (χ0) is 17.4. The number of carboxylic acids is 1. The Morgan fingerprint density at radius 2 is 1.87 bits per heavy atom. The van der Waals surface area contributed by atoms with E-state index in [9.17, 15) is 23.2 Å². The lowest BCUT2D eigenvalue weighted by atomic mass is 10.1. The highest BCUT2D eigenvalue weighted by Gasteiger charge is 2.20. The number of carboxylic acid groups (broad SMARTS) is 1. The van der Waals surface area contributed by atoms with Gasteiger partial charge in [0, 0.05) is 17.7 Å². The van der Waals surface area contributed by atoms with Gasteiger partial charge in [0.1, 0.15) is 17.7 Å².